The van der Waals surface area contributed by atoms with Crippen LogP contribution < -0.4 is 4.74 Å². The van der Waals surface area contributed by atoms with Crippen LogP contribution in [-0.2, 0) is 4.79 Å². The van der Waals surface area contributed by atoms with Crippen LogP contribution in [0, 0.1) is 0 Å². The maximum atomic E-state index is 12.9. The summed E-state index contributed by atoms with van der Waals surface area (Å²) in [5.74, 6) is 1.44. The molecule has 0 atom stereocenters. The van der Waals surface area contributed by atoms with Gasteiger partial charge in [-0.1, -0.05) is 12.1 Å². The summed E-state index contributed by atoms with van der Waals surface area (Å²) in [6.07, 6.45) is 4.88. The molecule has 4 aromatic rings. The van der Waals surface area contributed by atoms with Gasteiger partial charge >= 0.3 is 0 Å². The molecule has 5 rings (SSSR count). The van der Waals surface area contributed by atoms with Gasteiger partial charge in [0.1, 0.15) is 11.4 Å². The number of piperidine rings is 1. The number of imidazole rings is 1. The number of para-hydroxylation sites is 2. The molecule has 3 heterocycles. The SMILES string of the molecule is CN(C)CC(=O)N1CCC(c2nccnc2Oc2ccc(C(=O)c3nc4ccccc4[nH]3)cc2)CC1. The van der Waals surface area contributed by atoms with E-state index >= 15 is 0 Å². The molecule has 1 saturated heterocycles. The van der Waals surface area contributed by atoms with Gasteiger partial charge in [-0.05, 0) is 63.3 Å². The number of rotatable bonds is 7. The third-order valence-electron chi connectivity index (χ3n) is 6.31. The zero-order valence-electron chi connectivity index (χ0n) is 20.3. The molecule has 0 spiro atoms. The molecule has 184 valence electrons. The normalized spacial score (nSPS) is 14.4. The monoisotopic (exact) mass is 484 g/mol. The largest absolute Gasteiger partial charge is 0.437 e. The highest BCUT2D eigenvalue weighted by molar-refractivity contribution is 6.08. The van der Waals surface area contributed by atoms with Crippen molar-refractivity contribution in [3.8, 4) is 11.6 Å². The van der Waals surface area contributed by atoms with Crippen molar-refractivity contribution in [1.82, 2.24) is 29.7 Å². The summed E-state index contributed by atoms with van der Waals surface area (Å²) in [7, 11) is 3.80. The van der Waals surface area contributed by atoms with Crippen molar-refractivity contribution < 1.29 is 14.3 Å². The van der Waals surface area contributed by atoms with E-state index < -0.39 is 0 Å². The molecule has 1 N–H and O–H groups in total. The molecule has 2 aromatic heterocycles. The number of carbonyl (C=O) groups excluding carboxylic acids is 2. The van der Waals surface area contributed by atoms with E-state index in [-0.39, 0.29) is 17.6 Å². The molecule has 9 nitrogen and oxygen atoms in total. The Bertz CT molecular complexity index is 1340. The van der Waals surface area contributed by atoms with Crippen molar-refractivity contribution >= 4 is 22.7 Å². The Morgan fingerprint density at radius 1 is 1.03 bits per heavy atom. The van der Waals surface area contributed by atoms with Gasteiger partial charge in [-0.2, -0.15) is 0 Å². The fourth-order valence-corrected chi connectivity index (χ4v) is 4.45. The number of amides is 1. The minimum atomic E-state index is -0.187. The van der Waals surface area contributed by atoms with E-state index in [0.29, 0.717) is 42.7 Å². The van der Waals surface area contributed by atoms with Gasteiger partial charge < -0.3 is 19.5 Å². The number of nitrogens with one attached hydrogen (secondary N) is 1. The molecule has 0 unspecified atom stereocenters. The molecule has 0 aliphatic carbocycles. The lowest BCUT2D eigenvalue weighted by Crippen LogP contribution is -2.42. The molecule has 36 heavy (non-hydrogen) atoms. The van der Waals surface area contributed by atoms with Crippen molar-refractivity contribution in [2.45, 2.75) is 18.8 Å². The van der Waals surface area contributed by atoms with E-state index in [4.69, 9.17) is 4.74 Å². The van der Waals surface area contributed by atoms with E-state index in [1.54, 1.807) is 36.7 Å². The highest BCUT2D eigenvalue weighted by Crippen LogP contribution is 2.33. The molecule has 0 radical (unpaired) electrons. The Balaban J connectivity index is 1.26. The van der Waals surface area contributed by atoms with Crippen LogP contribution in [0.15, 0.2) is 60.9 Å². The first-order chi connectivity index (χ1) is 17.5. The molecule has 0 bridgehead atoms. The van der Waals surface area contributed by atoms with E-state index in [9.17, 15) is 9.59 Å². The second-order valence-electron chi connectivity index (χ2n) is 9.20. The average molecular weight is 485 g/mol. The molecular formula is C27H28N6O3. The van der Waals surface area contributed by atoms with E-state index in [1.807, 2.05) is 48.2 Å². The van der Waals surface area contributed by atoms with Crippen molar-refractivity contribution in [1.29, 1.82) is 0 Å². The van der Waals surface area contributed by atoms with Gasteiger partial charge in [-0.25, -0.2) is 9.97 Å². The van der Waals surface area contributed by atoms with E-state index in [2.05, 4.69) is 19.9 Å². The first-order valence-corrected chi connectivity index (χ1v) is 12.0. The molecule has 1 aliphatic heterocycles. The summed E-state index contributed by atoms with van der Waals surface area (Å²) >= 11 is 0. The summed E-state index contributed by atoms with van der Waals surface area (Å²) in [4.78, 5) is 45.5. The third kappa shape index (κ3) is 5.11. The second-order valence-corrected chi connectivity index (χ2v) is 9.20. The Morgan fingerprint density at radius 2 is 1.75 bits per heavy atom. The molecular weight excluding hydrogens is 456 g/mol. The highest BCUT2D eigenvalue weighted by atomic mass is 16.5. The number of likely N-dealkylation sites (tertiary alicyclic amines) is 1. The molecule has 2 aromatic carbocycles. The Morgan fingerprint density at radius 3 is 2.47 bits per heavy atom. The number of hydrogen-bond donors (Lipinski definition) is 1. The summed E-state index contributed by atoms with van der Waals surface area (Å²) < 4.78 is 6.08. The topological polar surface area (TPSA) is 104 Å². The maximum Gasteiger partial charge on any atom is 0.241 e. The molecule has 1 aliphatic rings. The van der Waals surface area contributed by atoms with Gasteiger partial charge in [0.15, 0.2) is 5.82 Å². The van der Waals surface area contributed by atoms with Crippen LogP contribution in [0.25, 0.3) is 11.0 Å². The quantitative estimate of drug-likeness (QED) is 0.399. The number of ether oxygens (including phenoxy) is 1. The predicted octanol–water partition coefficient (Wildman–Crippen LogP) is 3.64. The van der Waals surface area contributed by atoms with Gasteiger partial charge in [0.05, 0.1) is 17.6 Å². The Labute approximate surface area is 209 Å². The van der Waals surface area contributed by atoms with Crippen molar-refractivity contribution in [2.24, 2.45) is 0 Å². The Hall–Kier alpha value is -4.11. The lowest BCUT2D eigenvalue weighted by atomic mass is 9.93. The highest BCUT2D eigenvalue weighted by Gasteiger charge is 2.27. The van der Waals surface area contributed by atoms with Crippen LogP contribution in [0.4, 0.5) is 0 Å². The van der Waals surface area contributed by atoms with Crippen molar-refractivity contribution in [2.75, 3.05) is 33.7 Å². The van der Waals surface area contributed by atoms with Crippen LogP contribution in [0.1, 0.15) is 40.6 Å². The molecule has 1 amide bonds. The fraction of sp³-hybridized carbons (Fsp3) is 0.296. The number of aromatic amines is 1. The third-order valence-corrected chi connectivity index (χ3v) is 6.31. The number of likely N-dealkylation sites (N-methyl/N-ethyl adjacent to an activating group) is 1. The number of ketones is 1. The predicted molar refractivity (Wildman–Crippen MR) is 135 cm³/mol. The molecule has 0 saturated carbocycles. The number of benzene rings is 2. The fourth-order valence-electron chi connectivity index (χ4n) is 4.45. The maximum absolute atomic E-state index is 12.9. The summed E-state index contributed by atoms with van der Waals surface area (Å²) in [5.41, 5.74) is 2.88. The van der Waals surface area contributed by atoms with Crippen LogP contribution in [0.2, 0.25) is 0 Å². The minimum absolute atomic E-state index is 0.145. The van der Waals surface area contributed by atoms with Crippen molar-refractivity contribution in [3.63, 3.8) is 0 Å². The van der Waals surface area contributed by atoms with Gasteiger partial charge in [0.2, 0.25) is 17.6 Å². The Kier molecular flexibility index (Phi) is 6.73. The zero-order valence-corrected chi connectivity index (χ0v) is 20.3. The average Bonchev–Trinajstić information content (AvgIpc) is 3.33. The summed E-state index contributed by atoms with van der Waals surface area (Å²) in [6.45, 7) is 1.79. The lowest BCUT2D eigenvalue weighted by Gasteiger charge is -2.32. The lowest BCUT2D eigenvalue weighted by molar-refractivity contribution is -0.132. The van der Waals surface area contributed by atoms with E-state index in [0.717, 1.165) is 29.6 Å². The second kappa shape index (κ2) is 10.2. The minimum Gasteiger partial charge on any atom is -0.437 e. The van der Waals surface area contributed by atoms with Crippen LogP contribution >= 0.6 is 0 Å². The van der Waals surface area contributed by atoms with Gasteiger partial charge in [0, 0.05) is 37.0 Å². The van der Waals surface area contributed by atoms with Crippen LogP contribution in [0.5, 0.6) is 11.6 Å². The van der Waals surface area contributed by atoms with Gasteiger partial charge in [-0.15, -0.1) is 0 Å². The number of H-pyrrole nitrogens is 1. The number of fused-ring (bicyclic) bond motifs is 1. The zero-order chi connectivity index (χ0) is 25.1. The van der Waals surface area contributed by atoms with Crippen molar-refractivity contribution in [3.05, 3.63) is 78.0 Å². The number of nitrogens with zero attached hydrogens (tertiary/aromatic N) is 5. The smallest absolute Gasteiger partial charge is 0.241 e. The molecule has 9 heteroatoms. The van der Waals surface area contributed by atoms with Gasteiger partial charge in [0.25, 0.3) is 0 Å². The number of aromatic nitrogens is 4. The number of hydrogen-bond acceptors (Lipinski definition) is 7. The molecule has 1 fully saturated rings. The number of carbonyl (C=O) groups is 2. The van der Waals surface area contributed by atoms with Crippen LogP contribution in [0.3, 0.4) is 0 Å². The van der Waals surface area contributed by atoms with E-state index in [1.165, 1.54) is 0 Å². The van der Waals surface area contributed by atoms with Gasteiger partial charge in [-0.3, -0.25) is 14.6 Å². The first kappa shape index (κ1) is 23.6. The summed E-state index contributed by atoms with van der Waals surface area (Å²) in [6, 6.07) is 14.5. The first-order valence-electron chi connectivity index (χ1n) is 12.0. The standard InChI is InChI=1S/C27H28N6O3/c1-32(2)17-23(34)33-15-11-18(12-16-33)24-27(29-14-13-28-24)36-20-9-7-19(8-10-20)25(35)26-30-21-5-3-4-6-22(21)31-26/h3-10,13-14,18H,11-12,15-17H2,1-2H3,(H,30,31). The summed E-state index contributed by atoms with van der Waals surface area (Å²) in [5, 5.41) is 0. The van der Waals surface area contributed by atoms with Crippen LogP contribution in [-0.4, -0.2) is 75.2 Å².